The maximum atomic E-state index is 13.1. The third kappa shape index (κ3) is 72.8. The van der Waals surface area contributed by atoms with Gasteiger partial charge >= 0.3 is 39.5 Å². The predicted octanol–water partition coefficient (Wildman–Crippen LogP) is 23.2. The molecule has 0 saturated heterocycles. The van der Waals surface area contributed by atoms with Gasteiger partial charge < -0.3 is 33.8 Å². The second-order valence-corrected chi connectivity index (χ2v) is 29.9. The Bertz CT molecular complexity index is 2180. The Labute approximate surface area is 609 Å². The SMILES string of the molecule is CCCCC/C=C\C/C=C\CCCCCCCC(=O)O[C@H](COC(=O)CCCCCCC/C=C\CCCCCCCC)COP(=O)(O)OC[C@@H](O)COP(=O)(O)OC[C@@H](COC(=O)CCCCCCC/C=C\C=C/CCCCCC)OC(=O)CCCCCCC/C=C\CCCCCCCC. The van der Waals surface area contributed by atoms with Gasteiger partial charge in [0.25, 0.3) is 0 Å². The number of hydrogen-bond acceptors (Lipinski definition) is 15. The summed E-state index contributed by atoms with van der Waals surface area (Å²) in [6.07, 6.45) is 74.4. The van der Waals surface area contributed by atoms with Crippen molar-refractivity contribution < 1.29 is 80.2 Å². The molecule has 0 aromatic carbocycles. The Hall–Kier alpha value is -3.50. The fourth-order valence-electron chi connectivity index (χ4n) is 10.9. The van der Waals surface area contributed by atoms with Crippen molar-refractivity contribution in [2.24, 2.45) is 0 Å². The normalized spacial score (nSPS) is 14.3. The minimum atomic E-state index is -4.98. The maximum Gasteiger partial charge on any atom is 0.472 e. The van der Waals surface area contributed by atoms with E-state index in [0.29, 0.717) is 25.7 Å². The van der Waals surface area contributed by atoms with Gasteiger partial charge in [-0.3, -0.25) is 37.3 Å². The van der Waals surface area contributed by atoms with Crippen LogP contribution in [0.5, 0.6) is 0 Å². The minimum Gasteiger partial charge on any atom is -0.462 e. The maximum absolute atomic E-state index is 13.1. The summed E-state index contributed by atoms with van der Waals surface area (Å²) < 4.78 is 68.6. The molecular formula is C81H146O17P2. The molecule has 3 N–H and O–H groups in total. The highest BCUT2D eigenvalue weighted by Crippen LogP contribution is 2.45. The average Bonchev–Trinajstić information content (AvgIpc) is 1.25. The smallest absolute Gasteiger partial charge is 0.462 e. The molecule has 0 aliphatic heterocycles. The first-order valence-electron chi connectivity index (χ1n) is 40.2. The van der Waals surface area contributed by atoms with Crippen molar-refractivity contribution in [3.05, 3.63) is 72.9 Å². The number of phosphoric acid groups is 2. The molecular weight excluding hydrogens is 1310 g/mol. The van der Waals surface area contributed by atoms with Gasteiger partial charge in [-0.1, -0.05) is 274 Å². The first kappa shape index (κ1) is 96.5. The standard InChI is InChI=1S/C81H146O17P2/c1-5-9-13-17-21-25-29-33-37-41-45-49-53-57-61-65-78(83)91-71-76(97-80(85)67-63-59-55-51-47-43-39-35-31-27-23-19-15-11-7-3)73-95-99(87,88)93-69-75(82)70-94-100(89,90)96-74-77(98-81(86)68-64-60-56-52-48-44-40-36-32-28-24-20-16-12-8-4)72-92-79(84)66-62-58-54-50-46-42-38-34-30-26-22-18-14-10-6-2/h23,26-27,30,33-40,75-77,82H,5-22,24-25,28-29,31-32,41-74H2,1-4H3,(H,87,88)(H,89,90)/b27-23-,30-26-,37-33-,38-34-,39-35-,40-36-/t75-,76-,77-/m1/s1. The van der Waals surface area contributed by atoms with Crippen molar-refractivity contribution in [3.8, 4) is 0 Å². The number of unbranched alkanes of at least 4 members (excludes halogenated alkanes) is 39. The number of ether oxygens (including phenoxy) is 4. The lowest BCUT2D eigenvalue weighted by Crippen LogP contribution is -2.30. The number of aliphatic hydroxyl groups excluding tert-OH is 1. The van der Waals surface area contributed by atoms with Gasteiger partial charge in [0.05, 0.1) is 26.4 Å². The number of phosphoric ester groups is 2. The molecule has 0 saturated carbocycles. The first-order chi connectivity index (χ1) is 48.7. The van der Waals surface area contributed by atoms with Gasteiger partial charge in [-0.25, -0.2) is 9.13 Å². The van der Waals surface area contributed by atoms with E-state index >= 15 is 0 Å². The Morgan fingerprint density at radius 2 is 0.520 bits per heavy atom. The van der Waals surface area contributed by atoms with Crippen LogP contribution in [0.3, 0.4) is 0 Å². The van der Waals surface area contributed by atoms with Gasteiger partial charge in [0, 0.05) is 25.7 Å². The van der Waals surface area contributed by atoms with Crippen LogP contribution in [0.2, 0.25) is 0 Å². The Kier molecular flexibility index (Phi) is 71.2. The molecule has 0 aliphatic rings. The highest BCUT2D eigenvalue weighted by atomic mass is 31.2. The molecule has 0 aliphatic carbocycles. The molecule has 5 atom stereocenters. The summed E-state index contributed by atoms with van der Waals surface area (Å²) in [5.74, 6) is -2.20. The van der Waals surface area contributed by atoms with E-state index < -0.39 is 97.5 Å². The Balaban J connectivity index is 5.37. The van der Waals surface area contributed by atoms with Crippen LogP contribution in [0.1, 0.15) is 362 Å². The molecule has 0 fully saturated rings. The molecule has 0 radical (unpaired) electrons. The third-order valence-electron chi connectivity index (χ3n) is 17.1. The van der Waals surface area contributed by atoms with Gasteiger partial charge in [0.1, 0.15) is 19.3 Å². The van der Waals surface area contributed by atoms with Crippen LogP contribution in [-0.4, -0.2) is 96.7 Å². The predicted molar refractivity (Wildman–Crippen MR) is 409 cm³/mol. The largest absolute Gasteiger partial charge is 0.472 e. The van der Waals surface area contributed by atoms with Crippen molar-refractivity contribution in [1.29, 1.82) is 0 Å². The highest BCUT2D eigenvalue weighted by molar-refractivity contribution is 7.47. The van der Waals surface area contributed by atoms with E-state index in [-0.39, 0.29) is 25.7 Å². The van der Waals surface area contributed by atoms with E-state index in [1.54, 1.807) is 0 Å². The topological polar surface area (TPSA) is 237 Å². The van der Waals surface area contributed by atoms with Crippen molar-refractivity contribution in [3.63, 3.8) is 0 Å². The molecule has 0 aromatic rings. The summed E-state index contributed by atoms with van der Waals surface area (Å²) in [5, 5.41) is 10.6. The van der Waals surface area contributed by atoms with E-state index in [1.165, 1.54) is 122 Å². The van der Waals surface area contributed by atoms with Crippen LogP contribution in [-0.2, 0) is 65.4 Å². The van der Waals surface area contributed by atoms with Crippen LogP contribution in [0.4, 0.5) is 0 Å². The molecule has 2 unspecified atom stereocenters. The lowest BCUT2D eigenvalue weighted by atomic mass is 10.1. The summed E-state index contributed by atoms with van der Waals surface area (Å²) >= 11 is 0. The molecule has 0 rings (SSSR count). The second-order valence-electron chi connectivity index (χ2n) is 27.0. The van der Waals surface area contributed by atoms with Crippen molar-refractivity contribution in [2.45, 2.75) is 380 Å². The van der Waals surface area contributed by atoms with Gasteiger partial charge in [0.2, 0.25) is 0 Å². The van der Waals surface area contributed by atoms with Crippen molar-refractivity contribution in [1.82, 2.24) is 0 Å². The number of hydrogen-bond donors (Lipinski definition) is 3. The molecule has 0 spiro atoms. The lowest BCUT2D eigenvalue weighted by Gasteiger charge is -2.21. The Morgan fingerprint density at radius 1 is 0.290 bits per heavy atom. The summed E-state index contributed by atoms with van der Waals surface area (Å²) in [6, 6.07) is 0. The fraction of sp³-hybridized carbons (Fsp3) is 0.802. The fourth-order valence-corrected chi connectivity index (χ4v) is 12.5. The molecule has 0 heterocycles. The van der Waals surface area contributed by atoms with Gasteiger partial charge in [0.15, 0.2) is 12.2 Å². The van der Waals surface area contributed by atoms with E-state index in [4.69, 9.17) is 37.0 Å². The van der Waals surface area contributed by atoms with Crippen LogP contribution >= 0.6 is 15.6 Å². The summed E-state index contributed by atoms with van der Waals surface area (Å²) in [6.45, 7) is 4.82. The average molecular weight is 1450 g/mol. The second kappa shape index (κ2) is 73.8. The number of carbonyl (C=O) groups is 4. The Morgan fingerprint density at radius 3 is 0.840 bits per heavy atom. The van der Waals surface area contributed by atoms with Gasteiger partial charge in [-0.15, -0.1) is 0 Å². The molecule has 19 heteroatoms. The highest BCUT2D eigenvalue weighted by Gasteiger charge is 2.30. The number of esters is 4. The summed E-state index contributed by atoms with van der Waals surface area (Å²) in [7, 11) is -9.96. The lowest BCUT2D eigenvalue weighted by molar-refractivity contribution is -0.161. The number of allylic oxidation sites excluding steroid dienone is 12. The van der Waals surface area contributed by atoms with Crippen molar-refractivity contribution in [2.75, 3.05) is 39.6 Å². The molecule has 0 aromatic heterocycles. The van der Waals surface area contributed by atoms with Crippen LogP contribution < -0.4 is 0 Å². The van der Waals surface area contributed by atoms with E-state index in [2.05, 4.69) is 101 Å². The van der Waals surface area contributed by atoms with Crippen molar-refractivity contribution >= 4 is 39.5 Å². The molecule has 0 amide bonds. The first-order valence-corrected chi connectivity index (χ1v) is 43.2. The van der Waals surface area contributed by atoms with Gasteiger partial charge in [-0.2, -0.15) is 0 Å². The van der Waals surface area contributed by atoms with E-state index in [1.807, 2.05) is 0 Å². The van der Waals surface area contributed by atoms with Crippen LogP contribution in [0.15, 0.2) is 72.9 Å². The number of carbonyl (C=O) groups excluding carboxylic acids is 4. The number of rotatable bonds is 76. The van der Waals surface area contributed by atoms with E-state index in [0.717, 1.165) is 161 Å². The monoisotopic (exact) mass is 1450 g/mol. The zero-order chi connectivity index (χ0) is 73.2. The minimum absolute atomic E-state index is 0.0797. The quantitative estimate of drug-likeness (QED) is 0.0128. The summed E-state index contributed by atoms with van der Waals surface area (Å²) in [4.78, 5) is 73.0. The van der Waals surface area contributed by atoms with E-state index in [9.17, 15) is 43.2 Å². The van der Waals surface area contributed by atoms with Crippen LogP contribution in [0.25, 0.3) is 0 Å². The molecule has 0 bridgehead atoms. The van der Waals surface area contributed by atoms with Crippen LogP contribution in [0, 0.1) is 0 Å². The molecule has 100 heavy (non-hydrogen) atoms. The molecule has 17 nitrogen and oxygen atoms in total. The zero-order valence-corrected chi connectivity index (χ0v) is 65.4. The van der Waals surface area contributed by atoms with Gasteiger partial charge in [-0.05, 0) is 135 Å². The molecule has 582 valence electrons. The zero-order valence-electron chi connectivity index (χ0n) is 63.6. The third-order valence-corrected chi connectivity index (χ3v) is 19.0. The number of aliphatic hydroxyl groups is 1. The summed E-state index contributed by atoms with van der Waals surface area (Å²) in [5.41, 5.74) is 0.